The van der Waals surface area contributed by atoms with E-state index in [0.29, 0.717) is 0 Å². The van der Waals surface area contributed by atoms with Gasteiger partial charge in [-0.1, -0.05) is 167 Å². The van der Waals surface area contributed by atoms with Gasteiger partial charge in [0.25, 0.3) is 6.71 Å². The maximum atomic E-state index is 7.60. The van der Waals surface area contributed by atoms with E-state index in [1.165, 1.54) is 109 Å². The molecule has 4 heteroatoms. The van der Waals surface area contributed by atoms with E-state index in [1.807, 2.05) is 0 Å². The smallest absolute Gasteiger partial charge is 0.257 e. The van der Waals surface area contributed by atoms with Crippen molar-refractivity contribution in [3.05, 3.63) is 143 Å². The summed E-state index contributed by atoms with van der Waals surface area (Å²) in [6.07, 6.45) is 4.87. The van der Waals surface area contributed by atoms with Gasteiger partial charge in [-0.15, -0.1) is 0 Å². The van der Waals surface area contributed by atoms with Crippen molar-refractivity contribution in [1.82, 2.24) is 0 Å². The van der Waals surface area contributed by atoms with Gasteiger partial charge in [0.2, 0.25) is 5.88 Å². The fraction of sp³-hybridized carbons (Fsp3) is 0.356. The molecule has 6 aromatic carbocycles. The van der Waals surface area contributed by atoms with E-state index in [4.69, 9.17) is 4.42 Å². The number of hydrogen-bond donors (Lipinski definition) is 0. The van der Waals surface area contributed by atoms with Crippen molar-refractivity contribution >= 4 is 62.7 Å². The molecule has 1 aromatic heterocycles. The summed E-state index contributed by atoms with van der Waals surface area (Å²) >= 11 is 0. The molecule has 2 unspecified atom stereocenters. The molecule has 0 amide bonds. The van der Waals surface area contributed by atoms with E-state index < -0.39 is 0 Å². The molecule has 0 N–H and O–H groups in total. The van der Waals surface area contributed by atoms with Crippen LogP contribution in [0.2, 0.25) is 0 Å². The first-order valence-electron chi connectivity index (χ1n) is 23.6. The number of fused-ring (bicyclic) bond motifs is 9. The number of nitrogens with zero attached hydrogens (tertiary/aromatic N) is 2. The molecule has 1 fully saturated rings. The molecular weight excluding hydrogens is 763 g/mol. The number of aryl methyl sites for hydroxylation is 1. The highest BCUT2D eigenvalue weighted by Gasteiger charge is 2.62. The quantitative estimate of drug-likeness (QED) is 0.165. The summed E-state index contributed by atoms with van der Waals surface area (Å²) < 4.78 is 7.60. The predicted octanol–water partition coefficient (Wildman–Crippen LogP) is 14.3. The van der Waals surface area contributed by atoms with Crippen molar-refractivity contribution in [2.75, 3.05) is 9.80 Å². The SMILES string of the molecule is Cc1cc2c3c(c1)N1c4c(cc(C(C)(C)C)cc4C4(C)CCCCC14C)B3c1c(oc3cc(C(C)(C)C)ccc13)N2c1c(-c2ccccc2)cc(C(C)(C)C)cc1-c1ccccc1. The number of hydrogen-bond acceptors (Lipinski definition) is 3. The van der Waals surface area contributed by atoms with Gasteiger partial charge in [0.1, 0.15) is 5.58 Å². The van der Waals surface area contributed by atoms with Gasteiger partial charge < -0.3 is 9.32 Å². The monoisotopic (exact) mass is 827 g/mol. The zero-order valence-corrected chi connectivity index (χ0v) is 39.7. The lowest BCUT2D eigenvalue weighted by molar-refractivity contribution is 0.195. The Hall–Kier alpha value is -5.48. The highest BCUT2D eigenvalue weighted by Crippen LogP contribution is 2.63. The second kappa shape index (κ2) is 13.3. The summed E-state index contributed by atoms with van der Waals surface area (Å²) in [5.74, 6) is 0.930. The highest BCUT2D eigenvalue weighted by molar-refractivity contribution is 7.01. The van der Waals surface area contributed by atoms with Crippen LogP contribution < -0.4 is 26.2 Å². The van der Waals surface area contributed by atoms with Crippen molar-refractivity contribution in [3.8, 4) is 22.3 Å². The van der Waals surface area contributed by atoms with Crippen LogP contribution in [0, 0.1) is 6.92 Å². The summed E-state index contributed by atoms with van der Waals surface area (Å²) in [6.45, 7) is 28.6. The van der Waals surface area contributed by atoms with Crippen LogP contribution in [0.4, 0.5) is 28.6 Å². The van der Waals surface area contributed by atoms with E-state index in [1.54, 1.807) is 5.56 Å². The molecule has 1 aliphatic carbocycles. The first-order valence-corrected chi connectivity index (χ1v) is 23.6. The molecule has 11 rings (SSSR count). The summed E-state index contributed by atoms with van der Waals surface area (Å²) in [5, 5.41) is 1.20. The third kappa shape index (κ3) is 5.71. The molecule has 0 saturated heterocycles. The van der Waals surface area contributed by atoms with Crippen LogP contribution in [0.25, 0.3) is 33.2 Å². The molecule has 3 nitrogen and oxygen atoms in total. The van der Waals surface area contributed by atoms with Crippen LogP contribution in [0.1, 0.15) is 130 Å². The third-order valence-corrected chi connectivity index (χ3v) is 15.9. The van der Waals surface area contributed by atoms with Crippen LogP contribution in [0.5, 0.6) is 0 Å². The minimum absolute atomic E-state index is 0.00700. The van der Waals surface area contributed by atoms with E-state index in [0.717, 1.165) is 17.2 Å². The van der Waals surface area contributed by atoms with Gasteiger partial charge in [-0.3, -0.25) is 4.90 Å². The lowest BCUT2D eigenvalue weighted by Gasteiger charge is -2.52. The molecule has 0 radical (unpaired) electrons. The third-order valence-electron chi connectivity index (χ3n) is 15.9. The van der Waals surface area contributed by atoms with Crippen molar-refractivity contribution < 1.29 is 4.42 Å². The molecule has 1 saturated carbocycles. The van der Waals surface area contributed by atoms with Crippen LogP contribution in [-0.2, 0) is 21.7 Å². The number of benzene rings is 6. The van der Waals surface area contributed by atoms with Gasteiger partial charge >= 0.3 is 0 Å². The van der Waals surface area contributed by atoms with E-state index in [-0.39, 0.29) is 33.9 Å². The molecule has 3 aliphatic heterocycles. The second-order valence-electron chi connectivity index (χ2n) is 23.0. The van der Waals surface area contributed by atoms with Crippen LogP contribution in [0.15, 0.2) is 120 Å². The van der Waals surface area contributed by atoms with Gasteiger partial charge in [0.15, 0.2) is 0 Å². The largest absolute Gasteiger partial charge is 0.440 e. The molecule has 63 heavy (non-hydrogen) atoms. The summed E-state index contributed by atoms with van der Waals surface area (Å²) in [4.78, 5) is 5.44. The Morgan fingerprint density at radius 3 is 1.75 bits per heavy atom. The number of furan rings is 1. The van der Waals surface area contributed by atoms with Gasteiger partial charge in [-0.05, 0) is 123 Å². The average molecular weight is 827 g/mol. The zero-order valence-electron chi connectivity index (χ0n) is 39.7. The second-order valence-corrected chi connectivity index (χ2v) is 23.0. The number of anilines is 5. The summed E-state index contributed by atoms with van der Waals surface area (Å²) in [5.41, 5.74) is 21.7. The topological polar surface area (TPSA) is 19.6 Å². The van der Waals surface area contributed by atoms with Gasteiger partial charge in [-0.2, -0.15) is 0 Å². The predicted molar refractivity (Wildman–Crippen MR) is 270 cm³/mol. The normalized spacial score (nSPS) is 20.2. The summed E-state index contributed by atoms with van der Waals surface area (Å²) in [7, 11) is 0. The van der Waals surface area contributed by atoms with E-state index in [9.17, 15) is 0 Å². The van der Waals surface area contributed by atoms with Gasteiger partial charge in [0, 0.05) is 44.5 Å². The first kappa shape index (κ1) is 40.3. The Morgan fingerprint density at radius 1 is 0.571 bits per heavy atom. The zero-order chi connectivity index (χ0) is 44.2. The highest BCUT2D eigenvalue weighted by atomic mass is 16.4. The Morgan fingerprint density at radius 2 is 1.14 bits per heavy atom. The Balaban J connectivity index is 1.33. The molecule has 318 valence electrons. The Bertz CT molecular complexity index is 2950. The Kier molecular flexibility index (Phi) is 8.50. The van der Waals surface area contributed by atoms with Crippen LogP contribution in [-0.4, -0.2) is 12.3 Å². The molecule has 0 spiro atoms. The minimum Gasteiger partial charge on any atom is -0.440 e. The van der Waals surface area contributed by atoms with Gasteiger partial charge in [0.05, 0.1) is 11.2 Å². The van der Waals surface area contributed by atoms with Crippen molar-refractivity contribution in [2.24, 2.45) is 0 Å². The lowest BCUT2D eigenvalue weighted by atomic mass is 9.33. The molecule has 0 bridgehead atoms. The fourth-order valence-corrected chi connectivity index (χ4v) is 12.1. The first-order chi connectivity index (χ1) is 29.8. The standard InChI is InChI=1S/C59H63BN2O/c1-36-29-47-51-48(30-36)62-53-45(58(11)27-19-20-28-59(58,62)12)33-41(57(8,9)10)34-46(53)60(51)50-42-26-25-39(55(2,3)4)35-49(42)63-54(50)61(47)52-43(37-21-15-13-16-22-37)31-40(56(5,6)7)32-44(52)38-23-17-14-18-24-38/h13-18,21-26,29-35H,19-20,27-28H2,1-12H3. The fourth-order valence-electron chi connectivity index (χ4n) is 12.1. The van der Waals surface area contributed by atoms with Crippen LogP contribution in [0.3, 0.4) is 0 Å². The Labute approximate surface area is 376 Å². The molecule has 2 atom stereocenters. The lowest BCUT2D eigenvalue weighted by Crippen LogP contribution is -2.64. The van der Waals surface area contributed by atoms with Gasteiger partial charge in [-0.25, -0.2) is 0 Å². The molecule has 4 aliphatic rings. The minimum atomic E-state index is -0.0843. The molecule has 4 heterocycles. The number of rotatable bonds is 3. The van der Waals surface area contributed by atoms with Crippen molar-refractivity contribution in [3.63, 3.8) is 0 Å². The average Bonchev–Trinajstić information content (AvgIpc) is 3.71. The van der Waals surface area contributed by atoms with E-state index >= 15 is 0 Å². The maximum Gasteiger partial charge on any atom is 0.257 e. The molecule has 7 aromatic rings. The van der Waals surface area contributed by atoms with Crippen molar-refractivity contribution in [2.45, 2.75) is 136 Å². The van der Waals surface area contributed by atoms with Crippen LogP contribution >= 0.6 is 0 Å². The van der Waals surface area contributed by atoms with E-state index in [2.05, 4.69) is 208 Å². The van der Waals surface area contributed by atoms with Crippen molar-refractivity contribution in [1.29, 1.82) is 0 Å². The summed E-state index contributed by atoms with van der Waals surface area (Å²) in [6, 6.07) is 44.4. The maximum absolute atomic E-state index is 7.60. The molecular formula is C59H63BN2O.